The number of hydrogen-bond acceptors (Lipinski definition) is 1. The SMILES string of the molecule is CC1CCCC(CCNCc2cc(F)c(F)c(F)c2)C1. The minimum atomic E-state index is -1.40. The monoisotopic (exact) mass is 285 g/mol. The summed E-state index contributed by atoms with van der Waals surface area (Å²) in [7, 11) is 0. The first-order chi connectivity index (χ1) is 9.56. The van der Waals surface area contributed by atoms with Crippen LogP contribution in [-0.4, -0.2) is 6.54 Å². The molecular formula is C16H22F3N. The zero-order valence-corrected chi connectivity index (χ0v) is 11.9. The van der Waals surface area contributed by atoms with Gasteiger partial charge >= 0.3 is 0 Å². The first kappa shape index (κ1) is 15.4. The second-order valence-electron chi connectivity index (χ2n) is 5.98. The molecule has 0 heterocycles. The maximum atomic E-state index is 13.0. The van der Waals surface area contributed by atoms with Crippen LogP contribution < -0.4 is 5.32 Å². The summed E-state index contributed by atoms with van der Waals surface area (Å²) in [5, 5.41) is 3.18. The molecule has 1 nitrogen and oxygen atoms in total. The molecule has 1 aliphatic carbocycles. The highest BCUT2D eigenvalue weighted by molar-refractivity contribution is 5.19. The Morgan fingerprint density at radius 1 is 1.15 bits per heavy atom. The van der Waals surface area contributed by atoms with E-state index < -0.39 is 17.5 Å². The highest BCUT2D eigenvalue weighted by Gasteiger charge is 2.18. The predicted octanol–water partition coefficient (Wildman–Crippen LogP) is 4.41. The summed E-state index contributed by atoms with van der Waals surface area (Å²) in [5.41, 5.74) is 0.443. The molecule has 1 fully saturated rings. The summed E-state index contributed by atoms with van der Waals surface area (Å²) >= 11 is 0. The maximum Gasteiger partial charge on any atom is 0.194 e. The number of benzene rings is 1. The van der Waals surface area contributed by atoms with Crippen molar-refractivity contribution < 1.29 is 13.2 Å². The van der Waals surface area contributed by atoms with Crippen LogP contribution in [0.1, 0.15) is 44.6 Å². The van der Waals surface area contributed by atoms with Crippen molar-refractivity contribution in [3.8, 4) is 0 Å². The van der Waals surface area contributed by atoms with E-state index in [9.17, 15) is 13.2 Å². The first-order valence-electron chi connectivity index (χ1n) is 7.40. The number of halogens is 3. The van der Waals surface area contributed by atoms with Crippen LogP contribution in [0.15, 0.2) is 12.1 Å². The molecule has 4 heteroatoms. The fourth-order valence-corrected chi connectivity index (χ4v) is 3.07. The lowest BCUT2D eigenvalue weighted by molar-refractivity contribution is 0.267. The molecule has 2 atom stereocenters. The molecule has 1 saturated carbocycles. The molecule has 1 aliphatic rings. The third-order valence-corrected chi connectivity index (χ3v) is 4.15. The van der Waals surface area contributed by atoms with Crippen LogP contribution in [0.5, 0.6) is 0 Å². The second kappa shape index (κ2) is 7.11. The first-order valence-corrected chi connectivity index (χ1v) is 7.40. The Morgan fingerprint density at radius 2 is 1.85 bits per heavy atom. The molecule has 0 aromatic heterocycles. The van der Waals surface area contributed by atoms with E-state index >= 15 is 0 Å². The average Bonchev–Trinajstić information content (AvgIpc) is 2.41. The van der Waals surface area contributed by atoms with Crippen molar-refractivity contribution in [2.45, 2.75) is 45.6 Å². The van der Waals surface area contributed by atoms with Crippen molar-refractivity contribution >= 4 is 0 Å². The number of nitrogens with one attached hydrogen (secondary N) is 1. The molecule has 0 amide bonds. The number of rotatable bonds is 5. The van der Waals surface area contributed by atoms with Gasteiger partial charge in [0.15, 0.2) is 17.5 Å². The Hall–Kier alpha value is -1.03. The van der Waals surface area contributed by atoms with Gasteiger partial charge in [0.1, 0.15) is 0 Å². The molecule has 20 heavy (non-hydrogen) atoms. The van der Waals surface area contributed by atoms with Crippen LogP contribution in [-0.2, 0) is 6.54 Å². The van der Waals surface area contributed by atoms with Crippen molar-refractivity contribution in [3.63, 3.8) is 0 Å². The summed E-state index contributed by atoms with van der Waals surface area (Å²) in [6, 6.07) is 2.10. The van der Waals surface area contributed by atoms with Gasteiger partial charge < -0.3 is 5.32 Å². The summed E-state index contributed by atoms with van der Waals surface area (Å²) < 4.78 is 38.9. The molecule has 1 aromatic carbocycles. The van der Waals surface area contributed by atoms with E-state index in [4.69, 9.17) is 0 Å². The molecule has 0 aliphatic heterocycles. The standard InChI is InChI=1S/C16H22F3N/c1-11-3-2-4-12(7-11)5-6-20-10-13-8-14(17)16(19)15(18)9-13/h8-9,11-12,20H,2-7,10H2,1H3. The van der Waals surface area contributed by atoms with Crippen LogP contribution in [0.25, 0.3) is 0 Å². The van der Waals surface area contributed by atoms with E-state index in [1.807, 2.05) is 0 Å². The molecular weight excluding hydrogens is 263 g/mol. The Morgan fingerprint density at radius 3 is 2.50 bits per heavy atom. The van der Waals surface area contributed by atoms with Crippen LogP contribution in [0.3, 0.4) is 0 Å². The fraction of sp³-hybridized carbons (Fsp3) is 0.625. The highest BCUT2D eigenvalue weighted by Crippen LogP contribution is 2.30. The van der Waals surface area contributed by atoms with Crippen molar-refractivity contribution in [2.24, 2.45) is 11.8 Å². The van der Waals surface area contributed by atoms with E-state index in [1.54, 1.807) is 0 Å². The largest absolute Gasteiger partial charge is 0.313 e. The minimum absolute atomic E-state index is 0.371. The molecule has 2 rings (SSSR count). The Balaban J connectivity index is 1.73. The van der Waals surface area contributed by atoms with Crippen molar-refractivity contribution in [1.29, 1.82) is 0 Å². The molecule has 0 bridgehead atoms. The summed E-state index contributed by atoms with van der Waals surface area (Å²) in [5.74, 6) is -2.07. The van der Waals surface area contributed by atoms with Gasteiger partial charge in [0, 0.05) is 6.54 Å². The van der Waals surface area contributed by atoms with Crippen LogP contribution >= 0.6 is 0 Å². The third-order valence-electron chi connectivity index (χ3n) is 4.15. The zero-order chi connectivity index (χ0) is 14.5. The molecule has 112 valence electrons. The Labute approximate surface area is 118 Å². The molecule has 1 aromatic rings. The molecule has 0 spiro atoms. The van der Waals surface area contributed by atoms with Gasteiger partial charge in [0.05, 0.1) is 0 Å². The molecule has 2 unspecified atom stereocenters. The smallest absolute Gasteiger partial charge is 0.194 e. The third kappa shape index (κ3) is 4.23. The van der Waals surface area contributed by atoms with E-state index in [0.29, 0.717) is 12.1 Å². The topological polar surface area (TPSA) is 12.0 Å². The Bertz CT molecular complexity index is 424. The van der Waals surface area contributed by atoms with Gasteiger partial charge in [-0.3, -0.25) is 0 Å². The van der Waals surface area contributed by atoms with Crippen LogP contribution in [0, 0.1) is 29.3 Å². The van der Waals surface area contributed by atoms with Crippen LogP contribution in [0.2, 0.25) is 0 Å². The molecule has 1 N–H and O–H groups in total. The van der Waals surface area contributed by atoms with Crippen molar-refractivity contribution in [2.75, 3.05) is 6.54 Å². The van der Waals surface area contributed by atoms with E-state index in [-0.39, 0.29) is 0 Å². The van der Waals surface area contributed by atoms with Gasteiger partial charge in [0.25, 0.3) is 0 Å². The summed E-state index contributed by atoms with van der Waals surface area (Å²) in [6.45, 7) is 3.50. The highest BCUT2D eigenvalue weighted by atomic mass is 19.2. The quantitative estimate of drug-likeness (QED) is 0.624. The van der Waals surface area contributed by atoms with Crippen molar-refractivity contribution in [3.05, 3.63) is 35.1 Å². The minimum Gasteiger partial charge on any atom is -0.313 e. The van der Waals surface area contributed by atoms with Gasteiger partial charge in [-0.25, -0.2) is 13.2 Å². The number of hydrogen-bond donors (Lipinski definition) is 1. The lowest BCUT2D eigenvalue weighted by Crippen LogP contribution is -2.21. The van der Waals surface area contributed by atoms with E-state index in [0.717, 1.165) is 36.9 Å². The summed E-state index contributed by atoms with van der Waals surface area (Å²) in [6.07, 6.45) is 6.29. The summed E-state index contributed by atoms with van der Waals surface area (Å²) in [4.78, 5) is 0. The van der Waals surface area contributed by atoms with Crippen LogP contribution in [0.4, 0.5) is 13.2 Å². The second-order valence-corrected chi connectivity index (χ2v) is 5.98. The zero-order valence-electron chi connectivity index (χ0n) is 11.9. The lowest BCUT2D eigenvalue weighted by Gasteiger charge is -2.26. The predicted molar refractivity (Wildman–Crippen MR) is 73.8 cm³/mol. The average molecular weight is 285 g/mol. The Kier molecular flexibility index (Phi) is 5.46. The maximum absolute atomic E-state index is 13.0. The van der Waals surface area contributed by atoms with Gasteiger partial charge in [-0.15, -0.1) is 0 Å². The fourth-order valence-electron chi connectivity index (χ4n) is 3.07. The lowest BCUT2D eigenvalue weighted by atomic mass is 9.81. The molecule has 0 radical (unpaired) electrons. The molecule has 0 saturated heterocycles. The van der Waals surface area contributed by atoms with Gasteiger partial charge in [-0.2, -0.15) is 0 Å². The van der Waals surface area contributed by atoms with Gasteiger partial charge in [-0.1, -0.05) is 26.2 Å². The van der Waals surface area contributed by atoms with Gasteiger partial charge in [0.2, 0.25) is 0 Å². The van der Waals surface area contributed by atoms with E-state index in [2.05, 4.69) is 12.2 Å². The van der Waals surface area contributed by atoms with Crippen molar-refractivity contribution in [1.82, 2.24) is 5.32 Å². The normalized spacial score (nSPS) is 23.0. The van der Waals surface area contributed by atoms with E-state index in [1.165, 1.54) is 25.7 Å². The van der Waals surface area contributed by atoms with Gasteiger partial charge in [-0.05, 0) is 48.9 Å².